The predicted molar refractivity (Wildman–Crippen MR) is 63.7 cm³/mol. The highest BCUT2D eigenvalue weighted by Gasteiger charge is 1.96. The Kier molecular flexibility index (Phi) is 4.86. The number of hydrogen-bond donors (Lipinski definition) is 3. The largest absolute Gasteiger partial charge is 0.384 e. The van der Waals surface area contributed by atoms with Gasteiger partial charge in [0.05, 0.1) is 0 Å². The van der Waals surface area contributed by atoms with E-state index in [4.69, 9.17) is 5.84 Å². The smallest absolute Gasteiger partial charge is 0.141 e. The van der Waals surface area contributed by atoms with E-state index in [1.165, 1.54) is 0 Å². The van der Waals surface area contributed by atoms with Crippen molar-refractivity contribution < 1.29 is 0 Å². The van der Waals surface area contributed by atoms with Crippen LogP contribution in [0.2, 0.25) is 0 Å². The number of nitrogens with one attached hydrogen (secondary N) is 2. The third kappa shape index (κ3) is 4.14. The van der Waals surface area contributed by atoms with Crippen molar-refractivity contribution >= 4 is 11.5 Å². The van der Waals surface area contributed by atoms with E-state index in [1.54, 1.807) is 6.20 Å². The summed E-state index contributed by atoms with van der Waals surface area (Å²) in [5.41, 5.74) is 3.55. The molecule has 0 radical (unpaired) electrons. The number of aromatic nitrogens is 1. The zero-order valence-electron chi connectivity index (χ0n) is 9.33. The van der Waals surface area contributed by atoms with Gasteiger partial charge in [-0.05, 0) is 19.7 Å². The summed E-state index contributed by atoms with van der Waals surface area (Å²) in [6, 6.07) is 3.80. The molecule has 0 spiro atoms. The number of pyridine rings is 1. The summed E-state index contributed by atoms with van der Waals surface area (Å²) in [7, 11) is 2.10. The van der Waals surface area contributed by atoms with Crippen LogP contribution in [0.25, 0.3) is 0 Å². The number of rotatable bonds is 6. The minimum absolute atomic E-state index is 0.670. The molecule has 0 atom stereocenters. The van der Waals surface area contributed by atoms with Gasteiger partial charge in [-0.2, -0.15) is 0 Å². The highest BCUT2D eigenvalue weighted by Crippen LogP contribution is 2.09. The van der Waals surface area contributed by atoms with Crippen molar-refractivity contribution in [1.82, 2.24) is 9.88 Å². The zero-order valence-corrected chi connectivity index (χ0v) is 9.33. The third-order valence-corrected chi connectivity index (χ3v) is 2.27. The normalized spacial score (nSPS) is 10.4. The van der Waals surface area contributed by atoms with E-state index in [0.717, 1.165) is 25.3 Å². The van der Waals surface area contributed by atoms with Gasteiger partial charge in [0.25, 0.3) is 0 Å². The zero-order chi connectivity index (χ0) is 11.1. The summed E-state index contributed by atoms with van der Waals surface area (Å²) >= 11 is 0. The molecule has 84 valence electrons. The number of hydrazine groups is 1. The van der Waals surface area contributed by atoms with Crippen LogP contribution in [0.3, 0.4) is 0 Å². The minimum Gasteiger partial charge on any atom is -0.384 e. The quantitative estimate of drug-likeness (QED) is 0.476. The molecule has 0 aliphatic carbocycles. The Balaban J connectivity index is 2.37. The van der Waals surface area contributed by atoms with Crippen molar-refractivity contribution in [3.63, 3.8) is 0 Å². The molecule has 0 fully saturated rings. The standard InChI is InChI=1S/C10H19N5/c1-3-15(2)7-6-12-9-4-5-13-10(8-9)14-11/h4-5,8H,3,6-7,11H2,1-2H3,(H2,12,13,14). The summed E-state index contributed by atoms with van der Waals surface area (Å²) in [6.45, 7) is 5.14. The van der Waals surface area contributed by atoms with Crippen LogP contribution in [0, 0.1) is 0 Å². The Morgan fingerprint density at radius 2 is 2.33 bits per heavy atom. The molecule has 1 aromatic heterocycles. The van der Waals surface area contributed by atoms with Gasteiger partial charge in [-0.3, -0.25) is 0 Å². The molecule has 0 saturated carbocycles. The average Bonchev–Trinajstić information content (AvgIpc) is 2.29. The second-order valence-corrected chi connectivity index (χ2v) is 3.40. The highest BCUT2D eigenvalue weighted by atomic mass is 15.2. The average molecular weight is 209 g/mol. The summed E-state index contributed by atoms with van der Waals surface area (Å²) in [5, 5.41) is 3.31. The van der Waals surface area contributed by atoms with Crippen LogP contribution in [0.4, 0.5) is 11.5 Å². The lowest BCUT2D eigenvalue weighted by molar-refractivity contribution is 0.367. The first-order valence-corrected chi connectivity index (χ1v) is 5.11. The summed E-state index contributed by atoms with van der Waals surface area (Å²) in [5.74, 6) is 5.94. The van der Waals surface area contributed by atoms with Gasteiger partial charge in [-0.15, -0.1) is 0 Å². The lowest BCUT2D eigenvalue weighted by Gasteiger charge is -2.14. The Morgan fingerprint density at radius 3 is 3.00 bits per heavy atom. The van der Waals surface area contributed by atoms with Gasteiger partial charge in [0.2, 0.25) is 0 Å². The molecule has 0 unspecified atom stereocenters. The van der Waals surface area contributed by atoms with Crippen molar-refractivity contribution in [2.75, 3.05) is 37.4 Å². The van der Waals surface area contributed by atoms with E-state index in [1.807, 2.05) is 12.1 Å². The summed E-state index contributed by atoms with van der Waals surface area (Å²) in [6.07, 6.45) is 1.72. The first kappa shape index (κ1) is 11.7. The molecule has 5 heteroatoms. The fraction of sp³-hybridized carbons (Fsp3) is 0.500. The fourth-order valence-corrected chi connectivity index (χ4v) is 1.17. The molecule has 0 amide bonds. The minimum atomic E-state index is 0.670. The van der Waals surface area contributed by atoms with Gasteiger partial charge < -0.3 is 15.6 Å². The van der Waals surface area contributed by atoms with Crippen LogP contribution in [0.15, 0.2) is 18.3 Å². The Morgan fingerprint density at radius 1 is 1.53 bits per heavy atom. The molecule has 0 aromatic carbocycles. The number of anilines is 2. The highest BCUT2D eigenvalue weighted by molar-refractivity contribution is 5.51. The molecule has 4 N–H and O–H groups in total. The van der Waals surface area contributed by atoms with Crippen molar-refractivity contribution in [3.8, 4) is 0 Å². The number of likely N-dealkylation sites (N-methyl/N-ethyl adjacent to an activating group) is 1. The third-order valence-electron chi connectivity index (χ3n) is 2.27. The maximum absolute atomic E-state index is 5.27. The van der Waals surface area contributed by atoms with Crippen molar-refractivity contribution in [2.45, 2.75) is 6.92 Å². The van der Waals surface area contributed by atoms with Crippen LogP contribution >= 0.6 is 0 Å². The molecule has 5 nitrogen and oxygen atoms in total. The van der Waals surface area contributed by atoms with E-state index >= 15 is 0 Å². The van der Waals surface area contributed by atoms with Gasteiger partial charge in [0.1, 0.15) is 5.82 Å². The topological polar surface area (TPSA) is 66.2 Å². The number of nitrogen functional groups attached to an aromatic ring is 1. The fourth-order valence-electron chi connectivity index (χ4n) is 1.17. The van der Waals surface area contributed by atoms with E-state index in [2.05, 4.69) is 34.6 Å². The molecule has 1 aromatic rings. The number of hydrogen-bond acceptors (Lipinski definition) is 5. The lowest BCUT2D eigenvalue weighted by Crippen LogP contribution is -2.24. The molecular weight excluding hydrogens is 190 g/mol. The molecule has 0 aliphatic rings. The van der Waals surface area contributed by atoms with E-state index in [-0.39, 0.29) is 0 Å². The van der Waals surface area contributed by atoms with Crippen molar-refractivity contribution in [3.05, 3.63) is 18.3 Å². The van der Waals surface area contributed by atoms with E-state index < -0.39 is 0 Å². The Hall–Kier alpha value is -1.33. The van der Waals surface area contributed by atoms with E-state index in [0.29, 0.717) is 5.82 Å². The van der Waals surface area contributed by atoms with Crippen LogP contribution in [0.5, 0.6) is 0 Å². The molecule has 1 rings (SSSR count). The SMILES string of the molecule is CCN(C)CCNc1ccnc(NN)c1. The second kappa shape index (κ2) is 6.21. The maximum atomic E-state index is 5.27. The van der Waals surface area contributed by atoms with Gasteiger partial charge in [0, 0.05) is 31.0 Å². The van der Waals surface area contributed by atoms with Gasteiger partial charge in [0.15, 0.2) is 0 Å². The molecule has 1 heterocycles. The van der Waals surface area contributed by atoms with Gasteiger partial charge in [-0.1, -0.05) is 6.92 Å². The Labute approximate surface area is 90.6 Å². The Bertz CT molecular complexity index is 289. The van der Waals surface area contributed by atoms with Crippen LogP contribution in [-0.2, 0) is 0 Å². The van der Waals surface area contributed by atoms with Gasteiger partial charge in [-0.25, -0.2) is 10.8 Å². The lowest BCUT2D eigenvalue weighted by atomic mass is 10.4. The molecule has 0 aliphatic heterocycles. The predicted octanol–water partition coefficient (Wildman–Crippen LogP) is 0.731. The molecular formula is C10H19N5. The van der Waals surface area contributed by atoms with Crippen molar-refractivity contribution in [2.24, 2.45) is 5.84 Å². The number of nitrogens with zero attached hydrogens (tertiary/aromatic N) is 2. The maximum Gasteiger partial charge on any atom is 0.141 e. The molecule has 0 saturated heterocycles. The first-order valence-electron chi connectivity index (χ1n) is 5.11. The molecule has 0 bridgehead atoms. The second-order valence-electron chi connectivity index (χ2n) is 3.40. The van der Waals surface area contributed by atoms with Crippen LogP contribution < -0.4 is 16.6 Å². The van der Waals surface area contributed by atoms with Crippen LogP contribution in [0.1, 0.15) is 6.92 Å². The van der Waals surface area contributed by atoms with Gasteiger partial charge >= 0.3 is 0 Å². The van der Waals surface area contributed by atoms with Crippen LogP contribution in [-0.4, -0.2) is 36.6 Å². The van der Waals surface area contributed by atoms with E-state index in [9.17, 15) is 0 Å². The van der Waals surface area contributed by atoms with Crippen molar-refractivity contribution in [1.29, 1.82) is 0 Å². The first-order chi connectivity index (χ1) is 7.26. The summed E-state index contributed by atoms with van der Waals surface area (Å²) < 4.78 is 0. The number of nitrogens with two attached hydrogens (primary N) is 1. The summed E-state index contributed by atoms with van der Waals surface area (Å²) in [4.78, 5) is 6.28. The monoisotopic (exact) mass is 209 g/mol. The molecule has 15 heavy (non-hydrogen) atoms.